The fraction of sp³-hybridized carbons (Fsp3) is 0.536. The van der Waals surface area contributed by atoms with E-state index in [4.69, 9.17) is 0 Å². The average molecular weight is 541 g/mol. The molecule has 1 aliphatic rings. The molecule has 0 heterocycles. The Morgan fingerprint density at radius 1 is 1.14 bits per heavy atom. The summed E-state index contributed by atoms with van der Waals surface area (Å²) in [6.07, 6.45) is 10.8. The molecule has 1 atom stereocenters. The standard InChI is InChI=1S/C28H40N2O4S2.Li.H/c1-21-9-7-8-12-24(21)25-19-23(13-14-26(25)29-27(28(31)32)16-18-35-2)20-30(36(3,33)34)17-15-22-10-5-4-6-11-22;;/h7-9,12-14,19,22,27,29H,4-6,10-11,15-18,20H2,1-3H3,(H,31,32);;/t27-;;/m0../s1. The van der Waals surface area contributed by atoms with E-state index in [2.05, 4.69) is 5.32 Å². The number of carboxylic acids is 1. The molecular formula is C28H41LiN2O4S2. The maximum atomic E-state index is 12.7. The van der Waals surface area contributed by atoms with Crippen molar-refractivity contribution in [3.63, 3.8) is 0 Å². The molecule has 2 N–H and O–H groups in total. The molecule has 6 nitrogen and oxygen atoms in total. The number of hydrogen-bond donors (Lipinski definition) is 2. The van der Waals surface area contributed by atoms with Gasteiger partial charge in [0.2, 0.25) is 10.0 Å². The summed E-state index contributed by atoms with van der Waals surface area (Å²) in [6, 6.07) is 13.1. The first kappa shape index (κ1) is 31.8. The van der Waals surface area contributed by atoms with Crippen LogP contribution in [0.3, 0.4) is 0 Å². The second-order valence-corrected chi connectivity index (χ2v) is 12.9. The molecule has 9 heteroatoms. The van der Waals surface area contributed by atoms with E-state index in [0.29, 0.717) is 25.4 Å². The molecule has 0 spiro atoms. The molecule has 0 bridgehead atoms. The Labute approximate surface area is 239 Å². The quantitative estimate of drug-likeness (QED) is 0.333. The number of anilines is 1. The van der Waals surface area contributed by atoms with E-state index in [1.54, 1.807) is 16.1 Å². The molecule has 0 saturated heterocycles. The topological polar surface area (TPSA) is 86.7 Å². The van der Waals surface area contributed by atoms with Crippen molar-refractivity contribution in [1.82, 2.24) is 4.31 Å². The van der Waals surface area contributed by atoms with Crippen molar-refractivity contribution in [3.8, 4) is 11.1 Å². The number of hydrogen-bond acceptors (Lipinski definition) is 5. The summed E-state index contributed by atoms with van der Waals surface area (Å²) in [6.45, 7) is 2.86. The fourth-order valence-electron chi connectivity index (χ4n) is 4.96. The Kier molecular flexibility index (Phi) is 13.1. The van der Waals surface area contributed by atoms with Gasteiger partial charge in [0.1, 0.15) is 6.04 Å². The second-order valence-electron chi connectivity index (χ2n) is 9.90. The van der Waals surface area contributed by atoms with Gasteiger partial charge >= 0.3 is 24.8 Å². The number of aliphatic carboxylic acids is 1. The molecule has 0 radical (unpaired) electrons. The Hall–Kier alpha value is -1.43. The minimum absolute atomic E-state index is 0. The van der Waals surface area contributed by atoms with E-state index in [0.717, 1.165) is 40.1 Å². The molecule has 2 aromatic rings. The van der Waals surface area contributed by atoms with E-state index in [1.165, 1.54) is 38.4 Å². The van der Waals surface area contributed by atoms with E-state index in [1.807, 2.05) is 55.6 Å². The van der Waals surface area contributed by atoms with Crippen molar-refractivity contribution in [3.05, 3.63) is 53.6 Å². The molecule has 0 unspecified atom stereocenters. The van der Waals surface area contributed by atoms with Crippen LogP contribution in [0, 0.1) is 12.8 Å². The van der Waals surface area contributed by atoms with E-state index < -0.39 is 22.0 Å². The number of benzene rings is 2. The normalized spacial score (nSPS) is 15.2. The average Bonchev–Trinajstić information content (AvgIpc) is 2.85. The third-order valence-electron chi connectivity index (χ3n) is 7.10. The summed E-state index contributed by atoms with van der Waals surface area (Å²) in [5.41, 5.74) is 4.61. The molecule has 200 valence electrons. The fourth-order valence-corrected chi connectivity index (χ4v) is 6.25. The van der Waals surface area contributed by atoms with Gasteiger partial charge in [0.25, 0.3) is 0 Å². The van der Waals surface area contributed by atoms with Gasteiger partial charge in [-0.3, -0.25) is 0 Å². The number of rotatable bonds is 13. The number of carboxylic acid groups (broad SMARTS) is 1. The van der Waals surface area contributed by atoms with Crippen molar-refractivity contribution >= 4 is 52.3 Å². The molecule has 1 saturated carbocycles. The number of carbonyl (C=O) groups is 1. The van der Waals surface area contributed by atoms with Gasteiger partial charge in [0.15, 0.2) is 0 Å². The zero-order chi connectivity index (χ0) is 26.1. The zero-order valence-electron chi connectivity index (χ0n) is 21.7. The Balaban J connectivity index is 0.00000481. The molecular weight excluding hydrogens is 499 g/mol. The molecule has 1 fully saturated rings. The van der Waals surface area contributed by atoms with Crippen molar-refractivity contribution in [1.29, 1.82) is 0 Å². The molecule has 0 aromatic heterocycles. The van der Waals surface area contributed by atoms with Gasteiger partial charge in [-0.15, -0.1) is 0 Å². The summed E-state index contributed by atoms with van der Waals surface area (Å²) in [4.78, 5) is 11.9. The molecule has 0 aliphatic heterocycles. The van der Waals surface area contributed by atoms with Crippen LogP contribution >= 0.6 is 11.8 Å². The third kappa shape index (κ3) is 9.67. The summed E-state index contributed by atoms with van der Waals surface area (Å²) in [7, 11) is -3.36. The first-order valence-electron chi connectivity index (χ1n) is 12.8. The van der Waals surface area contributed by atoms with Crippen molar-refractivity contribution in [2.24, 2.45) is 5.92 Å². The summed E-state index contributed by atoms with van der Waals surface area (Å²) in [5.74, 6) is 0.465. The Bertz CT molecular complexity index is 1120. The number of nitrogens with one attached hydrogen (secondary N) is 1. The number of nitrogens with zero attached hydrogens (tertiary/aromatic N) is 1. The van der Waals surface area contributed by atoms with Gasteiger partial charge in [-0.05, 0) is 66.5 Å². The number of sulfonamides is 1. The van der Waals surface area contributed by atoms with Crippen molar-refractivity contribution in [2.45, 2.75) is 64.5 Å². The number of aryl methyl sites for hydroxylation is 1. The van der Waals surface area contributed by atoms with Crippen LogP contribution in [0.15, 0.2) is 42.5 Å². The first-order valence-corrected chi connectivity index (χ1v) is 16.1. The van der Waals surface area contributed by atoms with Crippen LogP contribution in [0.1, 0.15) is 56.1 Å². The van der Waals surface area contributed by atoms with Gasteiger partial charge < -0.3 is 10.4 Å². The Morgan fingerprint density at radius 3 is 2.46 bits per heavy atom. The molecule has 2 aromatic carbocycles. The van der Waals surface area contributed by atoms with E-state index in [9.17, 15) is 18.3 Å². The van der Waals surface area contributed by atoms with Gasteiger partial charge in [0.05, 0.1) is 6.26 Å². The first-order chi connectivity index (χ1) is 17.2. The summed E-state index contributed by atoms with van der Waals surface area (Å²) in [5, 5.41) is 13.0. The van der Waals surface area contributed by atoms with Crippen LogP contribution in [-0.4, -0.2) is 73.5 Å². The van der Waals surface area contributed by atoms with Gasteiger partial charge in [-0.1, -0.05) is 62.4 Å². The van der Waals surface area contributed by atoms with Crippen LogP contribution in [0.25, 0.3) is 11.1 Å². The zero-order valence-corrected chi connectivity index (χ0v) is 23.3. The predicted molar refractivity (Wildman–Crippen MR) is 158 cm³/mol. The monoisotopic (exact) mass is 540 g/mol. The van der Waals surface area contributed by atoms with Crippen LogP contribution in [0.2, 0.25) is 0 Å². The molecule has 0 amide bonds. The summed E-state index contributed by atoms with van der Waals surface area (Å²) < 4.78 is 26.9. The third-order valence-corrected chi connectivity index (χ3v) is 8.99. The van der Waals surface area contributed by atoms with Crippen molar-refractivity contribution in [2.75, 3.05) is 30.1 Å². The molecule has 3 rings (SSSR count). The van der Waals surface area contributed by atoms with Gasteiger partial charge in [-0.2, -0.15) is 16.1 Å². The minimum atomic E-state index is -3.36. The molecule has 1 aliphatic carbocycles. The number of thioether (sulfide) groups is 1. The summed E-state index contributed by atoms with van der Waals surface area (Å²) >= 11 is 1.62. The van der Waals surface area contributed by atoms with Crippen LogP contribution in [0.5, 0.6) is 0 Å². The Morgan fingerprint density at radius 2 is 1.84 bits per heavy atom. The van der Waals surface area contributed by atoms with Gasteiger partial charge in [-0.25, -0.2) is 13.2 Å². The maximum absolute atomic E-state index is 12.7. The SMILES string of the molecule is CSCC[C@H](Nc1ccc(CN(CCC2CCCCC2)S(C)(=O)=O)cc1-c1ccccc1C)C(=O)O.[LiH]. The van der Waals surface area contributed by atoms with Crippen molar-refractivity contribution < 1.29 is 18.3 Å². The van der Waals surface area contributed by atoms with Crippen LogP contribution in [0.4, 0.5) is 5.69 Å². The van der Waals surface area contributed by atoms with Gasteiger partial charge in [0, 0.05) is 24.3 Å². The predicted octanol–water partition coefficient (Wildman–Crippen LogP) is 5.36. The second kappa shape index (κ2) is 15.2. The molecule has 37 heavy (non-hydrogen) atoms. The van der Waals surface area contributed by atoms with E-state index in [-0.39, 0.29) is 18.9 Å². The van der Waals surface area contributed by atoms with E-state index >= 15 is 0 Å². The van der Waals surface area contributed by atoms with Crippen LogP contribution < -0.4 is 5.32 Å². The van der Waals surface area contributed by atoms with Crippen LogP contribution in [-0.2, 0) is 21.4 Å².